The molecule has 4 nitrogen and oxygen atoms in total. The third-order valence-corrected chi connectivity index (χ3v) is 4.27. The van der Waals surface area contributed by atoms with E-state index in [9.17, 15) is 4.79 Å². The normalized spacial score (nSPS) is 22.8. The van der Waals surface area contributed by atoms with E-state index in [1.807, 2.05) is 18.2 Å². The number of hydrogen-bond donors (Lipinski definition) is 2. The van der Waals surface area contributed by atoms with Crippen LogP contribution in [0, 0.1) is 11.8 Å². The second kappa shape index (κ2) is 5.03. The molecular weight excluding hydrogens is 238 g/mol. The number of amides is 1. The molecule has 3 rings (SSSR count). The number of carbonyl (C=O) groups is 1. The van der Waals surface area contributed by atoms with Crippen LogP contribution in [0.5, 0.6) is 0 Å². The molecule has 1 fully saturated rings. The van der Waals surface area contributed by atoms with E-state index in [4.69, 9.17) is 0 Å². The fourth-order valence-electron chi connectivity index (χ4n) is 2.93. The minimum Gasteiger partial charge on any atom is -0.352 e. The number of aromatic amines is 1. The summed E-state index contributed by atoms with van der Waals surface area (Å²) in [4.78, 5) is 12.1. The van der Waals surface area contributed by atoms with Crippen molar-refractivity contribution in [2.24, 2.45) is 11.8 Å². The average molecular weight is 257 g/mol. The molecule has 0 spiro atoms. The molecule has 4 heteroatoms. The second-order valence-electron chi connectivity index (χ2n) is 5.55. The second-order valence-corrected chi connectivity index (χ2v) is 5.55. The summed E-state index contributed by atoms with van der Waals surface area (Å²) in [6, 6.07) is 5.63. The smallest absolute Gasteiger partial charge is 0.251 e. The van der Waals surface area contributed by atoms with Gasteiger partial charge in [-0.25, -0.2) is 0 Å². The molecule has 2 aromatic rings. The number of rotatable bonds is 3. The van der Waals surface area contributed by atoms with E-state index in [1.165, 1.54) is 19.3 Å². The molecule has 2 N–H and O–H groups in total. The lowest BCUT2D eigenvalue weighted by molar-refractivity contribution is 0.0944. The largest absolute Gasteiger partial charge is 0.352 e. The quantitative estimate of drug-likeness (QED) is 0.888. The van der Waals surface area contributed by atoms with E-state index in [0.29, 0.717) is 11.5 Å². The van der Waals surface area contributed by atoms with E-state index in [0.717, 1.165) is 23.4 Å². The van der Waals surface area contributed by atoms with E-state index in [-0.39, 0.29) is 5.91 Å². The van der Waals surface area contributed by atoms with Gasteiger partial charge in [-0.1, -0.05) is 25.8 Å². The molecule has 2 unspecified atom stereocenters. The summed E-state index contributed by atoms with van der Waals surface area (Å²) in [6.45, 7) is 3.07. The highest BCUT2D eigenvalue weighted by Gasteiger charge is 2.23. The highest BCUT2D eigenvalue weighted by atomic mass is 16.1. The standard InChI is InChI=1S/C15H19N3O/c1-10-3-2-4-12(10)8-16-15(19)11-5-6-13-9-17-18-14(13)7-11/h5-7,9-10,12H,2-4,8H2,1H3,(H,16,19)(H,17,18). The van der Waals surface area contributed by atoms with Gasteiger partial charge in [0.1, 0.15) is 0 Å². The molecule has 2 atom stereocenters. The van der Waals surface area contributed by atoms with Gasteiger partial charge in [0, 0.05) is 17.5 Å². The molecule has 1 aromatic carbocycles. The average Bonchev–Trinajstić information content (AvgIpc) is 3.03. The predicted molar refractivity (Wildman–Crippen MR) is 74.9 cm³/mol. The minimum absolute atomic E-state index is 0.00981. The molecule has 1 amide bonds. The molecule has 19 heavy (non-hydrogen) atoms. The van der Waals surface area contributed by atoms with Crippen molar-refractivity contribution in [3.63, 3.8) is 0 Å². The summed E-state index contributed by atoms with van der Waals surface area (Å²) in [5, 5.41) is 10.9. The lowest BCUT2D eigenvalue weighted by Crippen LogP contribution is -2.30. The first-order chi connectivity index (χ1) is 9.24. The van der Waals surface area contributed by atoms with E-state index >= 15 is 0 Å². The Kier molecular flexibility index (Phi) is 3.23. The zero-order valence-electron chi connectivity index (χ0n) is 11.1. The fourth-order valence-corrected chi connectivity index (χ4v) is 2.93. The molecule has 0 aliphatic heterocycles. The molecule has 1 aromatic heterocycles. The summed E-state index contributed by atoms with van der Waals surface area (Å²) in [6.07, 6.45) is 5.58. The molecule has 1 heterocycles. The van der Waals surface area contributed by atoms with Gasteiger partial charge in [0.15, 0.2) is 0 Å². The zero-order chi connectivity index (χ0) is 13.2. The van der Waals surface area contributed by atoms with Gasteiger partial charge < -0.3 is 5.32 Å². The van der Waals surface area contributed by atoms with Crippen molar-refractivity contribution in [2.75, 3.05) is 6.54 Å². The van der Waals surface area contributed by atoms with Gasteiger partial charge in [0.2, 0.25) is 0 Å². The number of H-pyrrole nitrogens is 1. The van der Waals surface area contributed by atoms with Gasteiger partial charge in [0.05, 0.1) is 11.7 Å². The Morgan fingerprint density at radius 3 is 3.16 bits per heavy atom. The fraction of sp³-hybridized carbons (Fsp3) is 0.467. The molecular formula is C15H19N3O. The number of aromatic nitrogens is 2. The molecule has 0 saturated heterocycles. The minimum atomic E-state index is 0.00981. The van der Waals surface area contributed by atoms with Crippen LogP contribution >= 0.6 is 0 Å². The first kappa shape index (κ1) is 12.2. The van der Waals surface area contributed by atoms with Crippen LogP contribution < -0.4 is 5.32 Å². The van der Waals surface area contributed by atoms with Crippen molar-refractivity contribution in [3.8, 4) is 0 Å². The number of nitrogens with zero attached hydrogens (tertiary/aromatic N) is 1. The third kappa shape index (κ3) is 2.48. The van der Waals surface area contributed by atoms with Crippen LogP contribution in [0.1, 0.15) is 36.5 Å². The Hall–Kier alpha value is -1.84. The SMILES string of the molecule is CC1CCCC1CNC(=O)c1ccc2cn[nH]c2c1. The van der Waals surface area contributed by atoms with Crippen molar-refractivity contribution >= 4 is 16.8 Å². The monoisotopic (exact) mass is 257 g/mol. The Labute approximate surface area is 112 Å². The summed E-state index contributed by atoms with van der Waals surface area (Å²) >= 11 is 0. The number of hydrogen-bond acceptors (Lipinski definition) is 2. The van der Waals surface area contributed by atoms with Crippen LogP contribution in [0.15, 0.2) is 24.4 Å². The van der Waals surface area contributed by atoms with Gasteiger partial charge in [-0.3, -0.25) is 9.89 Å². The number of fused-ring (bicyclic) bond motifs is 1. The van der Waals surface area contributed by atoms with Gasteiger partial charge in [-0.2, -0.15) is 5.10 Å². The van der Waals surface area contributed by atoms with E-state index in [2.05, 4.69) is 22.4 Å². The maximum Gasteiger partial charge on any atom is 0.251 e. The zero-order valence-corrected chi connectivity index (χ0v) is 11.1. The van der Waals surface area contributed by atoms with Crippen LogP contribution in [0.3, 0.4) is 0 Å². The molecule has 1 saturated carbocycles. The molecule has 1 aliphatic rings. The molecule has 0 bridgehead atoms. The van der Waals surface area contributed by atoms with Gasteiger partial charge in [-0.05, 0) is 30.4 Å². The first-order valence-electron chi connectivity index (χ1n) is 6.95. The van der Waals surface area contributed by atoms with Gasteiger partial charge in [0.25, 0.3) is 5.91 Å². The predicted octanol–water partition coefficient (Wildman–Crippen LogP) is 2.73. The van der Waals surface area contributed by atoms with Crippen molar-refractivity contribution in [1.82, 2.24) is 15.5 Å². The molecule has 100 valence electrons. The van der Waals surface area contributed by atoms with E-state index in [1.54, 1.807) is 6.20 Å². The Morgan fingerprint density at radius 2 is 2.37 bits per heavy atom. The van der Waals surface area contributed by atoms with Crippen LogP contribution in [0.2, 0.25) is 0 Å². The maximum atomic E-state index is 12.1. The van der Waals surface area contributed by atoms with Crippen LogP contribution in [0.4, 0.5) is 0 Å². The Balaban J connectivity index is 1.66. The van der Waals surface area contributed by atoms with Gasteiger partial charge >= 0.3 is 0 Å². The van der Waals surface area contributed by atoms with Crippen molar-refractivity contribution in [1.29, 1.82) is 0 Å². The summed E-state index contributed by atoms with van der Waals surface area (Å²) in [5.41, 5.74) is 1.60. The van der Waals surface area contributed by atoms with Crippen LogP contribution in [-0.4, -0.2) is 22.6 Å². The van der Waals surface area contributed by atoms with E-state index < -0.39 is 0 Å². The third-order valence-electron chi connectivity index (χ3n) is 4.27. The number of benzene rings is 1. The summed E-state index contributed by atoms with van der Waals surface area (Å²) < 4.78 is 0. The van der Waals surface area contributed by atoms with Crippen molar-refractivity contribution < 1.29 is 4.79 Å². The summed E-state index contributed by atoms with van der Waals surface area (Å²) in [5.74, 6) is 1.38. The lowest BCUT2D eigenvalue weighted by atomic mass is 9.98. The van der Waals surface area contributed by atoms with Gasteiger partial charge in [-0.15, -0.1) is 0 Å². The van der Waals surface area contributed by atoms with Crippen molar-refractivity contribution in [3.05, 3.63) is 30.0 Å². The van der Waals surface area contributed by atoms with Crippen molar-refractivity contribution in [2.45, 2.75) is 26.2 Å². The van der Waals surface area contributed by atoms with Crippen LogP contribution in [0.25, 0.3) is 10.9 Å². The first-order valence-corrected chi connectivity index (χ1v) is 6.95. The highest BCUT2D eigenvalue weighted by Crippen LogP contribution is 2.30. The topological polar surface area (TPSA) is 57.8 Å². The summed E-state index contributed by atoms with van der Waals surface area (Å²) in [7, 11) is 0. The Bertz CT molecular complexity index is 590. The highest BCUT2D eigenvalue weighted by molar-refractivity contribution is 5.97. The molecule has 0 radical (unpaired) electrons. The van der Waals surface area contributed by atoms with Crippen LogP contribution in [-0.2, 0) is 0 Å². The Morgan fingerprint density at radius 1 is 1.47 bits per heavy atom. The maximum absolute atomic E-state index is 12.1. The number of nitrogens with one attached hydrogen (secondary N) is 2. The number of carbonyl (C=O) groups excluding carboxylic acids is 1. The lowest BCUT2D eigenvalue weighted by Gasteiger charge is -2.15. The molecule has 1 aliphatic carbocycles.